The number of ether oxygens (including phenoxy) is 2. The zero-order valence-electron chi connectivity index (χ0n) is 21.3. The van der Waals surface area contributed by atoms with E-state index in [0.717, 1.165) is 24.5 Å². The lowest BCUT2D eigenvalue weighted by atomic mass is 10.1. The molecule has 1 aliphatic rings. The molecule has 9 nitrogen and oxygen atoms in total. The highest BCUT2D eigenvalue weighted by molar-refractivity contribution is 6.31. The Labute approximate surface area is 235 Å². The van der Waals surface area contributed by atoms with Crippen LogP contribution >= 0.6 is 11.6 Å². The summed E-state index contributed by atoms with van der Waals surface area (Å²) < 4.78 is 77.4. The van der Waals surface area contributed by atoms with Crippen LogP contribution in [0, 0.1) is 5.82 Å². The van der Waals surface area contributed by atoms with Crippen molar-refractivity contribution < 1.29 is 41.3 Å². The molecule has 220 valence electrons. The van der Waals surface area contributed by atoms with Gasteiger partial charge in [-0.05, 0) is 36.8 Å². The van der Waals surface area contributed by atoms with Crippen LogP contribution < -0.4 is 15.4 Å². The van der Waals surface area contributed by atoms with Gasteiger partial charge in [-0.1, -0.05) is 11.6 Å². The Morgan fingerprint density at radius 3 is 2.78 bits per heavy atom. The van der Waals surface area contributed by atoms with Gasteiger partial charge in [-0.15, -0.1) is 0 Å². The maximum atomic E-state index is 14.8. The van der Waals surface area contributed by atoms with Gasteiger partial charge in [0.05, 0.1) is 35.5 Å². The second-order valence-corrected chi connectivity index (χ2v) is 9.42. The average Bonchev–Trinajstić information content (AvgIpc) is 3.39. The molecule has 1 atom stereocenters. The minimum atomic E-state index is -4.68. The zero-order valence-corrected chi connectivity index (χ0v) is 22.1. The molecule has 0 radical (unpaired) electrons. The predicted molar refractivity (Wildman–Crippen MR) is 141 cm³/mol. The van der Waals surface area contributed by atoms with Crippen molar-refractivity contribution >= 4 is 45.6 Å². The number of amides is 1. The van der Waals surface area contributed by atoms with E-state index in [1.807, 2.05) is 4.90 Å². The molecule has 1 unspecified atom stereocenters. The summed E-state index contributed by atoms with van der Waals surface area (Å²) in [7, 11) is 0. The van der Waals surface area contributed by atoms with Gasteiger partial charge in [-0.3, -0.25) is 9.69 Å². The second kappa shape index (κ2) is 13.4. The number of carbonyl (C=O) groups excluding carboxylic acids is 1. The third kappa shape index (κ3) is 8.45. The first-order valence-electron chi connectivity index (χ1n) is 12.3. The highest BCUT2D eigenvalue weighted by atomic mass is 35.5. The van der Waals surface area contributed by atoms with Gasteiger partial charge in [0.2, 0.25) is 0 Å². The van der Waals surface area contributed by atoms with Crippen molar-refractivity contribution in [3.8, 4) is 5.75 Å². The number of alkyl halides is 3. The second-order valence-electron chi connectivity index (χ2n) is 9.02. The number of halogens is 6. The largest absolute Gasteiger partial charge is 0.482 e. The fourth-order valence-electron chi connectivity index (χ4n) is 4.07. The molecule has 1 saturated heterocycles. The number of aromatic nitrogens is 2. The molecule has 0 aliphatic carbocycles. The number of anilines is 3. The number of aliphatic hydroxyl groups is 1. The van der Waals surface area contributed by atoms with E-state index in [-0.39, 0.29) is 53.3 Å². The Hall–Kier alpha value is -3.59. The van der Waals surface area contributed by atoms with Gasteiger partial charge in [-0.2, -0.15) is 13.2 Å². The molecule has 3 N–H and O–H groups in total. The first-order chi connectivity index (χ1) is 19.5. The number of hydrogen-bond acceptors (Lipinski definition) is 8. The van der Waals surface area contributed by atoms with E-state index in [0.29, 0.717) is 25.2 Å². The summed E-state index contributed by atoms with van der Waals surface area (Å²) in [5.74, 6) is -3.25. The van der Waals surface area contributed by atoms with Crippen molar-refractivity contribution in [2.24, 2.45) is 0 Å². The van der Waals surface area contributed by atoms with E-state index < -0.39 is 36.1 Å². The molecule has 41 heavy (non-hydrogen) atoms. The maximum Gasteiger partial charge on any atom is 0.422 e. The van der Waals surface area contributed by atoms with Crippen molar-refractivity contribution in [2.75, 3.05) is 50.1 Å². The highest BCUT2D eigenvalue weighted by Crippen LogP contribution is 2.35. The Kier molecular flexibility index (Phi) is 9.91. The number of rotatable bonds is 11. The molecule has 15 heteroatoms. The summed E-state index contributed by atoms with van der Waals surface area (Å²) >= 11 is 5.83. The molecule has 1 aliphatic heterocycles. The van der Waals surface area contributed by atoms with Gasteiger partial charge in [0, 0.05) is 36.8 Å². The molecule has 4 rings (SSSR count). The van der Waals surface area contributed by atoms with Gasteiger partial charge >= 0.3 is 6.18 Å². The van der Waals surface area contributed by atoms with Gasteiger partial charge in [0.25, 0.3) is 5.91 Å². The van der Waals surface area contributed by atoms with E-state index in [4.69, 9.17) is 26.2 Å². The number of hydrogen-bond donors (Lipinski definition) is 3. The number of aliphatic hydroxyl groups excluding tert-OH is 1. The van der Waals surface area contributed by atoms with Gasteiger partial charge in [-0.25, -0.2) is 18.7 Å². The third-order valence-electron chi connectivity index (χ3n) is 5.98. The minimum absolute atomic E-state index is 0.0928. The highest BCUT2D eigenvalue weighted by Gasteiger charge is 2.29. The van der Waals surface area contributed by atoms with Crippen LogP contribution in [0.2, 0.25) is 5.02 Å². The first kappa shape index (κ1) is 30.4. The summed E-state index contributed by atoms with van der Waals surface area (Å²) in [5, 5.41) is 14.1. The van der Waals surface area contributed by atoms with E-state index in [2.05, 4.69) is 20.6 Å². The van der Waals surface area contributed by atoms with Gasteiger partial charge in [0.15, 0.2) is 12.4 Å². The predicted octanol–water partition coefficient (Wildman–Crippen LogP) is 4.98. The number of carbonyl (C=O) groups is 1. The van der Waals surface area contributed by atoms with Crippen LogP contribution in [0.5, 0.6) is 5.75 Å². The molecule has 0 spiro atoms. The number of nitrogens with zero attached hydrogens (tertiary/aromatic N) is 3. The topological polar surface area (TPSA) is 109 Å². The first-order valence-corrected chi connectivity index (χ1v) is 12.7. The summed E-state index contributed by atoms with van der Waals surface area (Å²) in [5.41, 5.74) is 0.233. The van der Waals surface area contributed by atoms with Gasteiger partial charge in [0.1, 0.15) is 23.7 Å². The fraction of sp³-hybridized carbons (Fsp3) is 0.346. The SMILES string of the molecule is O=C(Nc1cc2c(Nc3ccc(F)c(Cl)c3)ncnc2cc1OCC(F)(F)F)/C(F)=C\CN1CCC(OCCO)C1. The van der Waals surface area contributed by atoms with Crippen molar-refractivity contribution in [1.82, 2.24) is 14.9 Å². The molecular weight excluding hydrogens is 577 g/mol. The van der Waals surface area contributed by atoms with Gasteiger partial charge < -0.3 is 25.2 Å². The minimum Gasteiger partial charge on any atom is -0.482 e. The summed E-state index contributed by atoms with van der Waals surface area (Å²) in [6.45, 7) is -0.417. The van der Waals surface area contributed by atoms with Crippen LogP contribution in [0.15, 0.2) is 48.6 Å². The Morgan fingerprint density at radius 1 is 1.24 bits per heavy atom. The number of benzene rings is 2. The molecule has 3 aromatic rings. The molecule has 1 amide bonds. The zero-order chi connectivity index (χ0) is 29.6. The molecular formula is C26H25ClF5N5O4. The number of likely N-dealkylation sites (tertiary alicyclic amines) is 1. The normalized spacial score (nSPS) is 16.3. The quantitative estimate of drug-likeness (QED) is 0.209. The Bertz CT molecular complexity index is 1430. The van der Waals surface area contributed by atoms with Crippen LogP contribution in [0.3, 0.4) is 0 Å². The lowest BCUT2D eigenvalue weighted by molar-refractivity contribution is -0.153. The van der Waals surface area contributed by atoms with Crippen LogP contribution in [0.25, 0.3) is 10.9 Å². The molecule has 2 aromatic carbocycles. The molecule has 0 bridgehead atoms. The van der Waals surface area contributed by atoms with Crippen LogP contribution in [0.4, 0.5) is 39.1 Å². The fourth-order valence-corrected chi connectivity index (χ4v) is 4.25. The summed E-state index contributed by atoms with van der Waals surface area (Å²) in [4.78, 5) is 22.7. The molecule has 0 saturated carbocycles. The van der Waals surface area contributed by atoms with Crippen molar-refractivity contribution in [3.05, 3.63) is 59.4 Å². The summed E-state index contributed by atoms with van der Waals surface area (Å²) in [6, 6.07) is 6.21. The van der Waals surface area contributed by atoms with Crippen molar-refractivity contribution in [3.63, 3.8) is 0 Å². The molecule has 2 heterocycles. The molecule has 1 fully saturated rings. The lowest BCUT2D eigenvalue weighted by Crippen LogP contribution is -2.25. The van der Waals surface area contributed by atoms with Crippen molar-refractivity contribution in [2.45, 2.75) is 18.7 Å². The Balaban J connectivity index is 1.57. The summed E-state index contributed by atoms with van der Waals surface area (Å²) in [6.07, 6.45) is -1.93. The standard InChI is InChI=1S/C26H25ClF5N5O4/c27-18-9-15(1-2-19(18)28)35-24-17-10-22(23(41-13-26(30,31)32)11-21(17)33-14-34-24)36-25(39)20(29)4-6-37-5-3-16(12-37)40-8-7-38/h1-2,4,9-11,14,16,38H,3,5-8,12-13H2,(H,36,39)(H,33,34,35)/b20-4+. The van der Waals surface area contributed by atoms with E-state index in [1.54, 1.807) is 0 Å². The smallest absolute Gasteiger partial charge is 0.422 e. The monoisotopic (exact) mass is 601 g/mol. The number of nitrogens with one attached hydrogen (secondary N) is 2. The van der Waals surface area contributed by atoms with Crippen LogP contribution in [-0.2, 0) is 9.53 Å². The van der Waals surface area contributed by atoms with E-state index >= 15 is 0 Å². The Morgan fingerprint density at radius 2 is 2.05 bits per heavy atom. The molecule has 1 aromatic heterocycles. The van der Waals surface area contributed by atoms with E-state index in [9.17, 15) is 26.7 Å². The number of fused-ring (bicyclic) bond motifs is 1. The maximum absolute atomic E-state index is 14.8. The van der Waals surface area contributed by atoms with Crippen LogP contribution in [-0.4, -0.2) is 77.6 Å². The van der Waals surface area contributed by atoms with Crippen molar-refractivity contribution in [1.29, 1.82) is 0 Å². The van der Waals surface area contributed by atoms with E-state index in [1.165, 1.54) is 18.2 Å². The van der Waals surface area contributed by atoms with Crippen LogP contribution in [0.1, 0.15) is 6.42 Å². The third-order valence-corrected chi connectivity index (χ3v) is 6.27. The average molecular weight is 602 g/mol. The lowest BCUT2D eigenvalue weighted by Gasteiger charge is -2.16.